The van der Waals surface area contributed by atoms with E-state index in [2.05, 4.69) is 5.10 Å². The number of rotatable bonds is 3. The van der Waals surface area contributed by atoms with Crippen molar-refractivity contribution in [2.24, 2.45) is 11.3 Å². The number of hydrogen-bond acceptors (Lipinski definition) is 4. The summed E-state index contributed by atoms with van der Waals surface area (Å²) in [6, 6.07) is 7.67. The molecule has 1 amide bonds. The maximum atomic E-state index is 12.5. The first-order valence-electron chi connectivity index (χ1n) is 7.60. The van der Waals surface area contributed by atoms with Gasteiger partial charge in [0.05, 0.1) is 18.7 Å². The number of carboxylic acids is 1. The number of likely N-dealkylation sites (tertiary alicyclic amines) is 1. The Morgan fingerprint density at radius 3 is 2.96 bits per heavy atom. The van der Waals surface area contributed by atoms with Gasteiger partial charge in [0.1, 0.15) is 12.0 Å². The molecule has 0 saturated carbocycles. The number of ether oxygens (including phenoxy) is 1. The second kappa shape index (κ2) is 5.06. The van der Waals surface area contributed by atoms with Crippen LogP contribution in [0.15, 0.2) is 30.5 Å². The number of carbonyl (C=O) groups is 2. The molecule has 1 aromatic heterocycles. The molecule has 2 saturated heterocycles. The van der Waals surface area contributed by atoms with Crippen molar-refractivity contribution in [1.29, 1.82) is 0 Å². The van der Waals surface area contributed by atoms with Crippen LogP contribution < -0.4 is 0 Å². The Kier molecular flexibility index (Phi) is 3.12. The van der Waals surface area contributed by atoms with Crippen LogP contribution in [-0.4, -0.2) is 58.0 Å². The lowest BCUT2D eigenvalue weighted by Gasteiger charge is -2.21. The number of carbonyl (C=O) groups excluding carboxylic acids is 1. The van der Waals surface area contributed by atoms with Gasteiger partial charge >= 0.3 is 5.97 Å². The van der Waals surface area contributed by atoms with E-state index in [9.17, 15) is 14.7 Å². The van der Waals surface area contributed by atoms with Gasteiger partial charge in [-0.1, -0.05) is 18.2 Å². The van der Waals surface area contributed by atoms with Gasteiger partial charge in [0.25, 0.3) is 0 Å². The summed E-state index contributed by atoms with van der Waals surface area (Å²) in [5.74, 6) is -1.10. The Morgan fingerprint density at radius 1 is 1.39 bits per heavy atom. The van der Waals surface area contributed by atoms with E-state index < -0.39 is 11.4 Å². The van der Waals surface area contributed by atoms with E-state index in [1.807, 2.05) is 30.5 Å². The molecule has 23 heavy (non-hydrogen) atoms. The number of hydrogen-bond donors (Lipinski definition) is 1. The van der Waals surface area contributed by atoms with Crippen LogP contribution in [0.5, 0.6) is 0 Å². The van der Waals surface area contributed by atoms with Gasteiger partial charge in [-0.3, -0.25) is 14.3 Å². The number of fused-ring (bicyclic) bond motifs is 2. The minimum absolute atomic E-state index is 0.104. The molecule has 1 aromatic carbocycles. The highest BCUT2D eigenvalue weighted by Gasteiger charge is 2.57. The minimum atomic E-state index is -0.940. The highest BCUT2D eigenvalue weighted by Crippen LogP contribution is 2.41. The first-order chi connectivity index (χ1) is 11.1. The van der Waals surface area contributed by atoms with Gasteiger partial charge in [-0.25, -0.2) is 0 Å². The molecular formula is C16H17N3O4. The van der Waals surface area contributed by atoms with Gasteiger partial charge in [0.2, 0.25) is 5.91 Å². The van der Waals surface area contributed by atoms with Crippen molar-refractivity contribution in [3.63, 3.8) is 0 Å². The number of amides is 1. The van der Waals surface area contributed by atoms with Crippen LogP contribution in [0.25, 0.3) is 10.9 Å². The Balaban J connectivity index is 1.51. The predicted molar refractivity (Wildman–Crippen MR) is 80.7 cm³/mol. The van der Waals surface area contributed by atoms with Crippen molar-refractivity contribution < 1.29 is 19.4 Å². The van der Waals surface area contributed by atoms with Crippen molar-refractivity contribution in [2.75, 3.05) is 26.3 Å². The van der Waals surface area contributed by atoms with E-state index >= 15 is 0 Å². The normalized spacial score (nSPS) is 26.6. The van der Waals surface area contributed by atoms with E-state index in [0.717, 1.165) is 10.9 Å². The highest BCUT2D eigenvalue weighted by atomic mass is 16.5. The largest absolute Gasteiger partial charge is 0.481 e. The number of benzene rings is 1. The van der Waals surface area contributed by atoms with Crippen LogP contribution >= 0.6 is 0 Å². The molecule has 7 nitrogen and oxygen atoms in total. The zero-order valence-corrected chi connectivity index (χ0v) is 12.5. The quantitative estimate of drug-likeness (QED) is 0.896. The fourth-order valence-electron chi connectivity index (χ4n) is 3.56. The SMILES string of the molecule is O=C(Cn1cc2ccccc2n1)N1C[C@@H]2COC[C@]2(C(=O)O)C1. The molecule has 0 unspecified atom stereocenters. The average Bonchev–Trinajstić information content (AvgIpc) is 3.18. The first kappa shape index (κ1) is 14.2. The molecule has 7 heteroatoms. The molecule has 4 rings (SSSR count). The van der Waals surface area contributed by atoms with E-state index in [1.54, 1.807) is 9.58 Å². The lowest BCUT2D eigenvalue weighted by molar-refractivity contribution is -0.149. The van der Waals surface area contributed by atoms with Gasteiger partial charge in [0, 0.05) is 30.6 Å². The van der Waals surface area contributed by atoms with E-state index in [0.29, 0.717) is 13.2 Å². The van der Waals surface area contributed by atoms with E-state index in [-0.39, 0.29) is 31.5 Å². The third kappa shape index (κ3) is 2.19. The van der Waals surface area contributed by atoms with Crippen LogP contribution in [0, 0.1) is 11.3 Å². The summed E-state index contributed by atoms with van der Waals surface area (Å²) >= 11 is 0. The Hall–Kier alpha value is -2.41. The molecule has 1 N–H and O–H groups in total. The van der Waals surface area contributed by atoms with Crippen molar-refractivity contribution in [2.45, 2.75) is 6.54 Å². The predicted octanol–water partition coefficient (Wildman–Crippen LogP) is 0.596. The fraction of sp³-hybridized carbons (Fsp3) is 0.438. The van der Waals surface area contributed by atoms with Gasteiger partial charge in [0.15, 0.2) is 0 Å². The van der Waals surface area contributed by atoms with Crippen molar-refractivity contribution in [3.8, 4) is 0 Å². The third-order valence-corrected chi connectivity index (χ3v) is 4.91. The Labute approximate surface area is 132 Å². The summed E-state index contributed by atoms with van der Waals surface area (Å²) in [5.41, 5.74) is -0.0983. The van der Waals surface area contributed by atoms with Crippen molar-refractivity contribution in [1.82, 2.24) is 14.7 Å². The molecule has 120 valence electrons. The van der Waals surface area contributed by atoms with Gasteiger partial charge in [-0.2, -0.15) is 5.10 Å². The number of aromatic nitrogens is 2. The summed E-state index contributed by atoms with van der Waals surface area (Å²) in [4.78, 5) is 25.8. The molecule has 2 fully saturated rings. The molecule has 3 heterocycles. The smallest absolute Gasteiger partial charge is 0.314 e. The van der Waals surface area contributed by atoms with Crippen molar-refractivity contribution in [3.05, 3.63) is 30.5 Å². The molecular weight excluding hydrogens is 298 g/mol. The molecule has 2 aliphatic rings. The second-order valence-corrected chi connectivity index (χ2v) is 6.33. The minimum Gasteiger partial charge on any atom is -0.481 e. The lowest BCUT2D eigenvalue weighted by atomic mass is 9.81. The Bertz CT molecular complexity index is 753. The van der Waals surface area contributed by atoms with Crippen LogP contribution in [0.3, 0.4) is 0 Å². The zero-order chi connectivity index (χ0) is 16.0. The summed E-state index contributed by atoms with van der Waals surface area (Å²) in [6.45, 7) is 1.36. The topological polar surface area (TPSA) is 84.7 Å². The van der Waals surface area contributed by atoms with Crippen LogP contribution in [0.2, 0.25) is 0 Å². The van der Waals surface area contributed by atoms with E-state index in [1.165, 1.54) is 0 Å². The molecule has 2 atom stereocenters. The maximum absolute atomic E-state index is 12.5. The fourth-order valence-corrected chi connectivity index (χ4v) is 3.56. The third-order valence-electron chi connectivity index (χ3n) is 4.91. The molecule has 2 aromatic rings. The average molecular weight is 315 g/mol. The first-order valence-corrected chi connectivity index (χ1v) is 7.60. The van der Waals surface area contributed by atoms with Crippen LogP contribution in [-0.2, 0) is 20.9 Å². The zero-order valence-electron chi connectivity index (χ0n) is 12.5. The Morgan fingerprint density at radius 2 is 2.22 bits per heavy atom. The number of carboxylic acid groups (broad SMARTS) is 1. The highest BCUT2D eigenvalue weighted by molar-refractivity contribution is 5.82. The second-order valence-electron chi connectivity index (χ2n) is 6.33. The van der Waals surface area contributed by atoms with Gasteiger partial charge < -0.3 is 14.7 Å². The molecule has 0 bridgehead atoms. The van der Waals surface area contributed by atoms with Crippen LogP contribution in [0.1, 0.15) is 0 Å². The van der Waals surface area contributed by atoms with Crippen molar-refractivity contribution >= 4 is 22.8 Å². The van der Waals surface area contributed by atoms with Gasteiger partial charge in [-0.05, 0) is 6.07 Å². The monoisotopic (exact) mass is 315 g/mol. The molecule has 0 spiro atoms. The molecule has 0 aliphatic carbocycles. The number of aliphatic carboxylic acids is 1. The van der Waals surface area contributed by atoms with E-state index in [4.69, 9.17) is 4.74 Å². The summed E-state index contributed by atoms with van der Waals surface area (Å²) in [5, 5.41) is 14.9. The molecule has 2 aliphatic heterocycles. The standard InChI is InChI=1S/C16H17N3O4/c20-14(7-19-5-11-3-1-2-4-13(11)17-19)18-6-12-8-23-10-16(12,9-18)15(21)22/h1-5,12H,6-10H2,(H,21,22)/t12-,16-/m1/s1. The molecule has 0 radical (unpaired) electrons. The maximum Gasteiger partial charge on any atom is 0.314 e. The van der Waals surface area contributed by atoms with Crippen LogP contribution in [0.4, 0.5) is 0 Å². The van der Waals surface area contributed by atoms with Gasteiger partial charge in [-0.15, -0.1) is 0 Å². The summed E-state index contributed by atoms with van der Waals surface area (Å²) < 4.78 is 6.94. The summed E-state index contributed by atoms with van der Waals surface area (Å²) in [6.07, 6.45) is 1.83. The number of nitrogens with zero attached hydrogens (tertiary/aromatic N) is 3. The lowest BCUT2D eigenvalue weighted by Crippen LogP contribution is -2.40. The summed E-state index contributed by atoms with van der Waals surface area (Å²) in [7, 11) is 0.